The van der Waals surface area contributed by atoms with Gasteiger partial charge >= 0.3 is 0 Å². The van der Waals surface area contributed by atoms with Crippen LogP contribution < -0.4 is 15.4 Å². The summed E-state index contributed by atoms with van der Waals surface area (Å²) in [6.45, 7) is 5.34. The number of pyridine rings is 1. The molecule has 0 saturated carbocycles. The summed E-state index contributed by atoms with van der Waals surface area (Å²) < 4.78 is 11.2. The van der Waals surface area contributed by atoms with E-state index in [0.717, 1.165) is 49.8 Å². The Kier molecular flexibility index (Phi) is 8.41. The molecule has 1 unspecified atom stereocenters. The van der Waals surface area contributed by atoms with Gasteiger partial charge < -0.3 is 25.0 Å². The maximum atomic E-state index is 6.25. The quantitative estimate of drug-likeness (QED) is 0.355. The van der Waals surface area contributed by atoms with Crippen LogP contribution in [0.1, 0.15) is 12.0 Å². The zero-order chi connectivity index (χ0) is 20.1. The van der Waals surface area contributed by atoms with E-state index in [-0.39, 0.29) is 30.1 Å². The topological polar surface area (TPSA) is 76.2 Å². The van der Waals surface area contributed by atoms with Crippen LogP contribution >= 0.6 is 35.6 Å². The van der Waals surface area contributed by atoms with Crippen molar-refractivity contribution in [1.82, 2.24) is 9.88 Å². The van der Waals surface area contributed by atoms with E-state index < -0.39 is 0 Å². The number of piperazine rings is 1. The summed E-state index contributed by atoms with van der Waals surface area (Å²) in [6, 6.07) is 11.8. The van der Waals surface area contributed by atoms with Crippen LogP contribution in [-0.2, 0) is 11.3 Å². The van der Waals surface area contributed by atoms with E-state index in [9.17, 15) is 0 Å². The highest BCUT2D eigenvalue weighted by Gasteiger charge is 2.19. The fourth-order valence-corrected chi connectivity index (χ4v) is 3.63. The molecule has 2 N–H and O–H groups in total. The van der Waals surface area contributed by atoms with Crippen LogP contribution in [0.5, 0.6) is 5.88 Å². The second-order valence-electron chi connectivity index (χ2n) is 7.23. The lowest BCUT2D eigenvalue weighted by molar-refractivity contribution is 0.138. The number of hydrogen-bond donors (Lipinski definition) is 1. The predicted molar refractivity (Wildman–Crippen MR) is 130 cm³/mol. The van der Waals surface area contributed by atoms with Gasteiger partial charge in [0.1, 0.15) is 6.10 Å². The highest BCUT2D eigenvalue weighted by atomic mass is 127. The number of aromatic nitrogens is 1. The smallest absolute Gasteiger partial charge is 0.213 e. The first kappa shape index (κ1) is 22.9. The fraction of sp³-hybridized carbons (Fsp3) is 0.429. The number of halogens is 2. The van der Waals surface area contributed by atoms with Crippen molar-refractivity contribution >= 4 is 47.2 Å². The molecule has 0 aliphatic carbocycles. The molecule has 3 heterocycles. The number of ether oxygens (including phenoxy) is 2. The molecule has 162 valence electrons. The van der Waals surface area contributed by atoms with Gasteiger partial charge in [-0.05, 0) is 35.9 Å². The third kappa shape index (κ3) is 6.12. The first-order chi connectivity index (χ1) is 14.2. The lowest BCUT2D eigenvalue weighted by Gasteiger charge is -2.36. The molecule has 7 nitrogen and oxygen atoms in total. The Hall–Kier alpha value is -1.78. The second-order valence-corrected chi connectivity index (χ2v) is 7.67. The molecule has 0 amide bonds. The largest absolute Gasteiger partial charge is 0.472 e. The van der Waals surface area contributed by atoms with Crippen molar-refractivity contribution in [1.29, 1.82) is 0 Å². The minimum absolute atomic E-state index is 0. The van der Waals surface area contributed by atoms with Crippen molar-refractivity contribution in [3.63, 3.8) is 0 Å². The Bertz CT molecular complexity index is 838. The van der Waals surface area contributed by atoms with Crippen LogP contribution in [0.2, 0.25) is 5.02 Å². The molecule has 0 bridgehead atoms. The van der Waals surface area contributed by atoms with E-state index in [2.05, 4.69) is 31.9 Å². The van der Waals surface area contributed by atoms with Crippen LogP contribution in [0.3, 0.4) is 0 Å². The van der Waals surface area contributed by atoms with Crippen molar-refractivity contribution in [2.24, 2.45) is 10.7 Å². The zero-order valence-electron chi connectivity index (χ0n) is 16.7. The molecule has 1 aromatic carbocycles. The van der Waals surface area contributed by atoms with E-state index in [0.29, 0.717) is 25.0 Å². The van der Waals surface area contributed by atoms with Gasteiger partial charge in [-0.2, -0.15) is 0 Å². The van der Waals surface area contributed by atoms with Gasteiger partial charge in [0.05, 0.1) is 19.8 Å². The molecule has 0 spiro atoms. The molecule has 0 radical (unpaired) electrons. The van der Waals surface area contributed by atoms with Gasteiger partial charge in [0.15, 0.2) is 5.96 Å². The van der Waals surface area contributed by atoms with Crippen molar-refractivity contribution in [3.05, 3.63) is 53.2 Å². The van der Waals surface area contributed by atoms with E-state index >= 15 is 0 Å². The molecule has 4 rings (SSSR count). The number of guanidine groups is 1. The van der Waals surface area contributed by atoms with Crippen LogP contribution in [-0.4, -0.2) is 61.3 Å². The molecule has 1 atom stereocenters. The monoisotopic (exact) mass is 543 g/mol. The molecule has 2 aliphatic rings. The maximum Gasteiger partial charge on any atom is 0.213 e. The number of aliphatic imine (C=N–C) groups is 1. The molecule has 9 heteroatoms. The summed E-state index contributed by atoms with van der Waals surface area (Å²) in [7, 11) is 0. The minimum Gasteiger partial charge on any atom is -0.472 e. The first-order valence-corrected chi connectivity index (χ1v) is 10.3. The Morgan fingerprint density at radius 2 is 1.97 bits per heavy atom. The van der Waals surface area contributed by atoms with Gasteiger partial charge in [0.2, 0.25) is 5.88 Å². The van der Waals surface area contributed by atoms with E-state index in [1.54, 1.807) is 6.20 Å². The molecular weight excluding hydrogens is 517 g/mol. The summed E-state index contributed by atoms with van der Waals surface area (Å²) in [5.74, 6) is 1.19. The highest BCUT2D eigenvalue weighted by molar-refractivity contribution is 14.0. The highest BCUT2D eigenvalue weighted by Crippen LogP contribution is 2.20. The van der Waals surface area contributed by atoms with Crippen molar-refractivity contribution < 1.29 is 9.47 Å². The molecule has 2 aliphatic heterocycles. The maximum absolute atomic E-state index is 6.25. The second kappa shape index (κ2) is 11.0. The van der Waals surface area contributed by atoms with Crippen molar-refractivity contribution in [3.8, 4) is 5.88 Å². The molecular formula is C21H27ClIN5O2. The van der Waals surface area contributed by atoms with E-state index in [1.165, 1.54) is 5.69 Å². The summed E-state index contributed by atoms with van der Waals surface area (Å²) in [4.78, 5) is 13.3. The number of nitrogens with two attached hydrogens (primary N) is 1. The number of rotatable bonds is 5. The van der Waals surface area contributed by atoms with Gasteiger partial charge in [0, 0.05) is 55.6 Å². The normalized spacial score (nSPS) is 19.5. The Morgan fingerprint density at radius 1 is 1.20 bits per heavy atom. The third-order valence-corrected chi connectivity index (χ3v) is 5.45. The standard InChI is InChI=1S/C21H26ClN5O2.HI/c22-17-1-3-18(4-2-17)26-8-10-27(11-9-26)21(23)25-14-16-5-7-24-20(13-16)29-19-6-12-28-15-19;/h1-5,7,13,19H,6,8-12,14-15H2,(H2,23,25);1H. The van der Waals surface area contributed by atoms with Gasteiger partial charge in [0.25, 0.3) is 0 Å². The number of anilines is 1. The molecule has 2 saturated heterocycles. The Morgan fingerprint density at radius 3 is 2.67 bits per heavy atom. The summed E-state index contributed by atoms with van der Waals surface area (Å²) in [5.41, 5.74) is 8.45. The Labute approximate surface area is 199 Å². The van der Waals surface area contributed by atoms with Gasteiger partial charge in [-0.15, -0.1) is 24.0 Å². The van der Waals surface area contributed by atoms with Crippen molar-refractivity contribution in [2.45, 2.75) is 19.1 Å². The number of nitrogens with zero attached hydrogens (tertiary/aromatic N) is 4. The van der Waals surface area contributed by atoms with E-state index in [4.69, 9.17) is 26.8 Å². The van der Waals surface area contributed by atoms with E-state index in [1.807, 2.05) is 24.3 Å². The molecule has 2 aromatic rings. The first-order valence-electron chi connectivity index (χ1n) is 9.92. The Balaban J connectivity index is 0.00000256. The third-order valence-electron chi connectivity index (χ3n) is 5.19. The molecule has 2 fully saturated rings. The number of hydrogen-bond acceptors (Lipinski definition) is 5. The molecule has 1 aromatic heterocycles. The predicted octanol–water partition coefficient (Wildman–Crippen LogP) is 3.16. The zero-order valence-corrected chi connectivity index (χ0v) is 19.8. The summed E-state index contributed by atoms with van der Waals surface area (Å²) in [5, 5.41) is 0.755. The summed E-state index contributed by atoms with van der Waals surface area (Å²) in [6.07, 6.45) is 2.74. The van der Waals surface area contributed by atoms with Crippen LogP contribution in [0.15, 0.2) is 47.6 Å². The van der Waals surface area contributed by atoms with Crippen molar-refractivity contribution in [2.75, 3.05) is 44.3 Å². The van der Waals surface area contributed by atoms with Crippen LogP contribution in [0.4, 0.5) is 5.69 Å². The average Bonchev–Trinajstić information content (AvgIpc) is 3.26. The molecule has 30 heavy (non-hydrogen) atoms. The SMILES string of the molecule is I.NC(=NCc1ccnc(OC2CCOC2)c1)N1CCN(c2ccc(Cl)cc2)CC1. The van der Waals surface area contributed by atoms with Crippen LogP contribution in [0, 0.1) is 0 Å². The lowest BCUT2D eigenvalue weighted by Crippen LogP contribution is -2.51. The van der Waals surface area contributed by atoms with Gasteiger partial charge in [-0.1, -0.05) is 11.6 Å². The lowest BCUT2D eigenvalue weighted by atomic mass is 10.2. The van der Waals surface area contributed by atoms with Gasteiger partial charge in [-0.25, -0.2) is 9.98 Å². The number of benzene rings is 1. The van der Waals surface area contributed by atoms with Gasteiger partial charge in [-0.3, -0.25) is 0 Å². The average molecular weight is 544 g/mol. The fourth-order valence-electron chi connectivity index (χ4n) is 3.51. The minimum atomic E-state index is 0. The summed E-state index contributed by atoms with van der Waals surface area (Å²) >= 11 is 5.98. The van der Waals surface area contributed by atoms with Crippen LogP contribution in [0.25, 0.3) is 0 Å².